The van der Waals surface area contributed by atoms with Gasteiger partial charge >= 0.3 is 0 Å². The smallest absolute Gasteiger partial charge is 0.175 e. The fourth-order valence-electron chi connectivity index (χ4n) is 3.05. The highest BCUT2D eigenvalue weighted by atomic mass is 79.9. The van der Waals surface area contributed by atoms with Crippen LogP contribution in [0, 0.1) is 19.7 Å². The normalized spacial score (nSPS) is 10.7. The minimum atomic E-state index is -0.275. The largest absolute Gasteiger partial charge is 0.490 e. The third kappa shape index (κ3) is 5.51. The average Bonchev–Trinajstić information content (AvgIpc) is 2.69. The van der Waals surface area contributed by atoms with Crippen LogP contribution >= 0.6 is 15.9 Å². The quantitative estimate of drug-likeness (QED) is 0.403. The van der Waals surface area contributed by atoms with Gasteiger partial charge in [0.1, 0.15) is 12.4 Å². The first-order chi connectivity index (χ1) is 14.0. The molecule has 0 saturated carbocycles. The maximum atomic E-state index is 13.4. The van der Waals surface area contributed by atoms with Gasteiger partial charge < -0.3 is 14.8 Å². The Bertz CT molecular complexity index is 991. The summed E-state index contributed by atoms with van der Waals surface area (Å²) in [7, 11) is 0. The van der Waals surface area contributed by atoms with Crippen molar-refractivity contribution in [2.75, 3.05) is 11.9 Å². The monoisotopic (exact) mass is 457 g/mol. The molecule has 152 valence electrons. The van der Waals surface area contributed by atoms with Crippen molar-refractivity contribution >= 4 is 21.6 Å². The lowest BCUT2D eigenvalue weighted by Crippen LogP contribution is -2.05. The first-order valence-electron chi connectivity index (χ1n) is 9.60. The van der Waals surface area contributed by atoms with E-state index in [9.17, 15) is 4.39 Å². The van der Waals surface area contributed by atoms with Gasteiger partial charge in [-0.1, -0.05) is 24.3 Å². The predicted octanol–water partition coefficient (Wildman–Crippen LogP) is 6.79. The van der Waals surface area contributed by atoms with Gasteiger partial charge in [-0.25, -0.2) is 4.39 Å². The van der Waals surface area contributed by atoms with E-state index >= 15 is 0 Å². The number of ether oxygens (including phenoxy) is 2. The number of anilines is 1. The minimum absolute atomic E-state index is 0.260. The topological polar surface area (TPSA) is 30.5 Å². The lowest BCUT2D eigenvalue weighted by molar-refractivity contribution is 0.267. The lowest BCUT2D eigenvalue weighted by atomic mass is 10.1. The summed E-state index contributed by atoms with van der Waals surface area (Å²) in [6.45, 7) is 7.60. The first kappa shape index (κ1) is 21.2. The van der Waals surface area contributed by atoms with Crippen molar-refractivity contribution in [1.29, 1.82) is 0 Å². The van der Waals surface area contributed by atoms with Gasteiger partial charge in [-0.3, -0.25) is 0 Å². The van der Waals surface area contributed by atoms with Crippen molar-refractivity contribution in [3.05, 3.63) is 87.1 Å². The number of nitrogens with one attached hydrogen (secondary N) is 1. The van der Waals surface area contributed by atoms with Crippen LogP contribution in [-0.2, 0) is 13.2 Å². The Kier molecular flexibility index (Phi) is 7.15. The molecule has 0 spiro atoms. The molecule has 0 aliphatic rings. The van der Waals surface area contributed by atoms with E-state index < -0.39 is 0 Å². The van der Waals surface area contributed by atoms with E-state index in [-0.39, 0.29) is 12.4 Å². The van der Waals surface area contributed by atoms with Crippen LogP contribution in [0.2, 0.25) is 0 Å². The standard InChI is InChI=1S/C24H25BrFNO2/c1-4-28-23-13-19(14-27-22-10-5-7-16(2)17(22)3)12-21(25)24(23)29-15-18-8-6-9-20(26)11-18/h5-13,27H,4,14-15H2,1-3H3. The number of rotatable bonds is 8. The van der Waals surface area contributed by atoms with Gasteiger partial charge in [-0.05, 0) is 89.3 Å². The second kappa shape index (κ2) is 9.79. The third-order valence-corrected chi connectivity index (χ3v) is 5.32. The molecule has 0 aliphatic heterocycles. The molecule has 0 saturated heterocycles. The third-order valence-electron chi connectivity index (χ3n) is 4.73. The molecule has 5 heteroatoms. The number of hydrogen-bond acceptors (Lipinski definition) is 3. The Hall–Kier alpha value is -2.53. The molecule has 1 N–H and O–H groups in total. The lowest BCUT2D eigenvalue weighted by Gasteiger charge is -2.17. The van der Waals surface area contributed by atoms with Crippen LogP contribution in [0.3, 0.4) is 0 Å². The molecule has 3 aromatic rings. The van der Waals surface area contributed by atoms with Crippen LogP contribution in [0.1, 0.15) is 29.2 Å². The maximum absolute atomic E-state index is 13.4. The van der Waals surface area contributed by atoms with Crippen LogP contribution in [0.25, 0.3) is 0 Å². The molecule has 0 atom stereocenters. The second-order valence-electron chi connectivity index (χ2n) is 6.86. The van der Waals surface area contributed by atoms with Gasteiger partial charge in [0, 0.05) is 12.2 Å². The molecule has 0 aliphatic carbocycles. The van der Waals surface area contributed by atoms with E-state index in [0.29, 0.717) is 24.7 Å². The fourth-order valence-corrected chi connectivity index (χ4v) is 3.65. The van der Waals surface area contributed by atoms with Crippen LogP contribution in [0.4, 0.5) is 10.1 Å². The van der Waals surface area contributed by atoms with E-state index in [1.165, 1.54) is 23.3 Å². The van der Waals surface area contributed by atoms with Gasteiger partial charge in [0.15, 0.2) is 11.5 Å². The number of benzene rings is 3. The van der Waals surface area contributed by atoms with Crippen LogP contribution < -0.4 is 14.8 Å². The highest BCUT2D eigenvalue weighted by Crippen LogP contribution is 2.37. The molecular weight excluding hydrogens is 433 g/mol. The Morgan fingerprint density at radius 1 is 0.966 bits per heavy atom. The Morgan fingerprint density at radius 2 is 1.76 bits per heavy atom. The maximum Gasteiger partial charge on any atom is 0.175 e. The molecule has 0 amide bonds. The zero-order valence-corrected chi connectivity index (χ0v) is 18.5. The van der Waals surface area contributed by atoms with Gasteiger partial charge in [0.2, 0.25) is 0 Å². The highest BCUT2D eigenvalue weighted by Gasteiger charge is 2.13. The van der Waals surface area contributed by atoms with Gasteiger partial charge in [0.25, 0.3) is 0 Å². The summed E-state index contributed by atoms with van der Waals surface area (Å²) in [5.41, 5.74) is 5.45. The molecule has 3 nitrogen and oxygen atoms in total. The molecule has 0 radical (unpaired) electrons. The molecule has 0 heterocycles. The van der Waals surface area contributed by atoms with Crippen LogP contribution in [0.5, 0.6) is 11.5 Å². The number of hydrogen-bond donors (Lipinski definition) is 1. The van der Waals surface area contributed by atoms with Crippen molar-refractivity contribution in [3.63, 3.8) is 0 Å². The Morgan fingerprint density at radius 3 is 2.52 bits per heavy atom. The Labute approximate surface area is 180 Å². The molecule has 0 aromatic heterocycles. The molecule has 0 unspecified atom stereocenters. The van der Waals surface area contributed by atoms with E-state index in [1.54, 1.807) is 6.07 Å². The second-order valence-corrected chi connectivity index (χ2v) is 7.71. The van der Waals surface area contributed by atoms with E-state index in [4.69, 9.17) is 9.47 Å². The van der Waals surface area contributed by atoms with Gasteiger partial charge in [0.05, 0.1) is 11.1 Å². The molecule has 29 heavy (non-hydrogen) atoms. The Balaban J connectivity index is 1.77. The fraction of sp³-hybridized carbons (Fsp3) is 0.250. The summed E-state index contributed by atoms with van der Waals surface area (Å²) in [6.07, 6.45) is 0. The number of halogens is 2. The van der Waals surface area contributed by atoms with Crippen LogP contribution in [0.15, 0.2) is 59.1 Å². The minimum Gasteiger partial charge on any atom is -0.490 e. The van der Waals surface area contributed by atoms with Crippen molar-refractivity contribution in [2.45, 2.75) is 33.9 Å². The summed E-state index contributed by atoms with van der Waals surface area (Å²) < 4.78 is 26.0. The van der Waals surface area contributed by atoms with Crippen molar-refractivity contribution in [1.82, 2.24) is 0 Å². The van der Waals surface area contributed by atoms with Gasteiger partial charge in [-0.15, -0.1) is 0 Å². The summed E-state index contributed by atoms with van der Waals surface area (Å²) >= 11 is 3.60. The average molecular weight is 458 g/mol. The van der Waals surface area contributed by atoms with Crippen molar-refractivity contribution in [3.8, 4) is 11.5 Å². The molecular formula is C24H25BrFNO2. The van der Waals surface area contributed by atoms with Crippen molar-refractivity contribution in [2.24, 2.45) is 0 Å². The highest BCUT2D eigenvalue weighted by molar-refractivity contribution is 9.10. The summed E-state index contributed by atoms with van der Waals surface area (Å²) in [6, 6.07) is 16.6. The first-order valence-corrected chi connectivity index (χ1v) is 10.4. The molecule has 3 aromatic carbocycles. The van der Waals surface area contributed by atoms with Crippen LogP contribution in [-0.4, -0.2) is 6.61 Å². The molecule has 0 bridgehead atoms. The van der Waals surface area contributed by atoms with Crippen molar-refractivity contribution < 1.29 is 13.9 Å². The number of aryl methyl sites for hydroxylation is 1. The summed E-state index contributed by atoms with van der Waals surface area (Å²) in [4.78, 5) is 0. The zero-order chi connectivity index (χ0) is 20.8. The SMILES string of the molecule is CCOc1cc(CNc2cccc(C)c2C)cc(Br)c1OCc1cccc(F)c1. The summed E-state index contributed by atoms with van der Waals surface area (Å²) in [5.74, 6) is 1.01. The predicted molar refractivity (Wildman–Crippen MR) is 119 cm³/mol. The van der Waals surface area contributed by atoms with E-state index in [1.807, 2.05) is 25.1 Å². The van der Waals surface area contributed by atoms with E-state index in [0.717, 1.165) is 21.3 Å². The summed E-state index contributed by atoms with van der Waals surface area (Å²) in [5, 5.41) is 3.49. The zero-order valence-electron chi connectivity index (χ0n) is 16.9. The molecule has 0 fully saturated rings. The van der Waals surface area contributed by atoms with E-state index in [2.05, 4.69) is 53.3 Å². The molecule has 3 rings (SSSR count). The van der Waals surface area contributed by atoms with Gasteiger partial charge in [-0.2, -0.15) is 0 Å².